The van der Waals surface area contributed by atoms with E-state index in [1.165, 1.54) is 12.0 Å². The summed E-state index contributed by atoms with van der Waals surface area (Å²) in [5, 5.41) is 5.05. The molecule has 2 atom stereocenters. The summed E-state index contributed by atoms with van der Waals surface area (Å²) in [4.78, 5) is 52.6. The molecule has 10 heteroatoms. The highest BCUT2D eigenvalue weighted by molar-refractivity contribution is 7.80. The summed E-state index contributed by atoms with van der Waals surface area (Å²) in [5.41, 5.74) is -0.908. The van der Waals surface area contributed by atoms with E-state index in [0.717, 1.165) is 0 Å². The number of ether oxygens (including phenoxy) is 2. The normalized spacial score (nSPS) is 13.0. The van der Waals surface area contributed by atoms with Crippen molar-refractivity contribution in [3.63, 3.8) is 0 Å². The van der Waals surface area contributed by atoms with E-state index < -0.39 is 53.6 Å². The van der Waals surface area contributed by atoms with Gasteiger partial charge in [0.2, 0.25) is 11.8 Å². The van der Waals surface area contributed by atoms with Crippen LogP contribution in [0.3, 0.4) is 0 Å². The first-order valence-electron chi connectivity index (χ1n) is 11.0. The van der Waals surface area contributed by atoms with Crippen LogP contribution in [-0.2, 0) is 23.9 Å². The standard InChI is InChI=1S/C25H35N3O6S/c1-9-16-12-10-11-13-17(16)20(21(30)26-14-19(29)33-8)28(24(2,3)4)22(31)18(15-35)27-23(32)34-25(5,6)7/h1,10-13,18,20,35H,14-15H2,2-8H3,(H,26,30)(H,27,32). The molecule has 192 valence electrons. The van der Waals surface area contributed by atoms with Crippen LogP contribution in [0.4, 0.5) is 4.79 Å². The van der Waals surface area contributed by atoms with Crippen LogP contribution in [0.5, 0.6) is 0 Å². The number of hydrogen-bond donors (Lipinski definition) is 3. The van der Waals surface area contributed by atoms with E-state index in [9.17, 15) is 19.2 Å². The van der Waals surface area contributed by atoms with E-state index in [4.69, 9.17) is 11.2 Å². The van der Waals surface area contributed by atoms with Crippen molar-refractivity contribution < 1.29 is 28.7 Å². The molecule has 0 heterocycles. The van der Waals surface area contributed by atoms with Gasteiger partial charge in [-0.2, -0.15) is 12.6 Å². The van der Waals surface area contributed by atoms with Crippen molar-refractivity contribution in [3.8, 4) is 12.3 Å². The largest absolute Gasteiger partial charge is 0.468 e. The summed E-state index contributed by atoms with van der Waals surface area (Å²) in [6.07, 6.45) is 4.89. The fraction of sp³-hybridized carbons (Fsp3) is 0.520. The van der Waals surface area contributed by atoms with Crippen molar-refractivity contribution in [1.29, 1.82) is 0 Å². The molecule has 0 radical (unpaired) electrons. The van der Waals surface area contributed by atoms with E-state index >= 15 is 0 Å². The topological polar surface area (TPSA) is 114 Å². The monoisotopic (exact) mass is 505 g/mol. The Bertz CT molecular complexity index is 975. The van der Waals surface area contributed by atoms with Crippen LogP contribution in [0.25, 0.3) is 0 Å². The number of terminal acetylenes is 1. The summed E-state index contributed by atoms with van der Waals surface area (Å²) in [5.74, 6) is 0.602. The Kier molecular flexibility index (Phi) is 10.7. The van der Waals surface area contributed by atoms with Gasteiger partial charge in [0.05, 0.1) is 7.11 Å². The molecule has 0 spiro atoms. The predicted octanol–water partition coefficient (Wildman–Crippen LogP) is 2.45. The Labute approximate surface area is 212 Å². The quantitative estimate of drug-likeness (QED) is 0.284. The van der Waals surface area contributed by atoms with E-state index in [1.54, 1.807) is 65.8 Å². The zero-order valence-corrected chi connectivity index (χ0v) is 22.2. The lowest BCUT2D eigenvalue weighted by Gasteiger charge is -2.43. The van der Waals surface area contributed by atoms with Crippen LogP contribution in [0, 0.1) is 12.3 Å². The summed E-state index contributed by atoms with van der Waals surface area (Å²) in [6.45, 7) is 9.92. The minimum Gasteiger partial charge on any atom is -0.468 e. The third kappa shape index (κ3) is 8.83. The summed E-state index contributed by atoms with van der Waals surface area (Å²) < 4.78 is 9.89. The van der Waals surface area contributed by atoms with Gasteiger partial charge in [0.25, 0.3) is 0 Å². The van der Waals surface area contributed by atoms with Crippen molar-refractivity contribution in [2.24, 2.45) is 0 Å². The second kappa shape index (κ2) is 12.5. The van der Waals surface area contributed by atoms with Crippen LogP contribution < -0.4 is 10.6 Å². The predicted molar refractivity (Wildman–Crippen MR) is 136 cm³/mol. The number of benzene rings is 1. The van der Waals surface area contributed by atoms with Crippen molar-refractivity contribution in [2.75, 3.05) is 19.4 Å². The molecule has 0 aliphatic heterocycles. The SMILES string of the molecule is C#Cc1ccccc1C(C(=O)NCC(=O)OC)N(C(=O)C(CS)NC(=O)OC(C)(C)C)C(C)(C)C. The maximum Gasteiger partial charge on any atom is 0.408 e. The second-order valence-corrected chi connectivity index (χ2v) is 10.1. The highest BCUT2D eigenvalue weighted by Gasteiger charge is 2.42. The first kappa shape index (κ1) is 29.8. The van der Waals surface area contributed by atoms with Gasteiger partial charge >= 0.3 is 12.1 Å². The number of rotatable bonds is 8. The zero-order valence-electron chi connectivity index (χ0n) is 21.3. The average molecular weight is 506 g/mol. The van der Waals surface area contributed by atoms with Gasteiger partial charge in [-0.05, 0) is 53.2 Å². The summed E-state index contributed by atoms with van der Waals surface area (Å²) in [6, 6.07) is 4.36. The van der Waals surface area contributed by atoms with Crippen LogP contribution in [0.1, 0.15) is 58.7 Å². The molecule has 0 saturated carbocycles. The number of hydrogen-bond acceptors (Lipinski definition) is 7. The average Bonchev–Trinajstić information content (AvgIpc) is 2.76. The number of carbonyl (C=O) groups is 4. The van der Waals surface area contributed by atoms with Gasteiger partial charge in [0.15, 0.2) is 0 Å². The molecule has 0 aliphatic rings. The third-order valence-corrected chi connectivity index (χ3v) is 5.05. The van der Waals surface area contributed by atoms with E-state index in [1.807, 2.05) is 0 Å². The van der Waals surface area contributed by atoms with Crippen LogP contribution in [-0.4, -0.2) is 65.4 Å². The first-order chi connectivity index (χ1) is 16.2. The number of carbonyl (C=O) groups excluding carboxylic acids is 4. The molecule has 1 rings (SSSR count). The number of methoxy groups -OCH3 is 1. The maximum atomic E-state index is 13.8. The minimum absolute atomic E-state index is 0.0576. The van der Waals surface area contributed by atoms with Crippen LogP contribution in [0.15, 0.2) is 24.3 Å². The smallest absolute Gasteiger partial charge is 0.408 e. The molecule has 0 aliphatic carbocycles. The molecule has 35 heavy (non-hydrogen) atoms. The van der Waals surface area contributed by atoms with Crippen molar-refractivity contribution >= 4 is 36.5 Å². The molecule has 0 aromatic heterocycles. The highest BCUT2D eigenvalue weighted by atomic mass is 32.1. The Balaban J connectivity index is 3.55. The molecule has 1 aromatic carbocycles. The number of nitrogens with zero attached hydrogens (tertiary/aromatic N) is 1. The van der Waals surface area contributed by atoms with E-state index in [-0.39, 0.29) is 5.75 Å². The van der Waals surface area contributed by atoms with Gasteiger partial charge < -0.3 is 25.0 Å². The number of nitrogens with one attached hydrogen (secondary N) is 2. The molecular formula is C25H35N3O6S. The lowest BCUT2D eigenvalue weighted by Crippen LogP contribution is -2.59. The van der Waals surface area contributed by atoms with Gasteiger partial charge in [-0.15, -0.1) is 6.42 Å². The number of thiol groups is 1. The fourth-order valence-corrected chi connectivity index (χ4v) is 3.49. The van der Waals surface area contributed by atoms with Crippen molar-refractivity contribution in [1.82, 2.24) is 15.5 Å². The minimum atomic E-state index is -1.22. The molecule has 1 aromatic rings. The Morgan fingerprint density at radius 1 is 1.11 bits per heavy atom. The van der Waals surface area contributed by atoms with E-state index in [0.29, 0.717) is 11.1 Å². The van der Waals surface area contributed by atoms with Gasteiger partial charge in [-0.1, -0.05) is 24.1 Å². The molecule has 0 fully saturated rings. The molecule has 3 amide bonds. The Morgan fingerprint density at radius 3 is 2.20 bits per heavy atom. The highest BCUT2D eigenvalue weighted by Crippen LogP contribution is 2.32. The Morgan fingerprint density at radius 2 is 1.71 bits per heavy atom. The van der Waals surface area contributed by atoms with Gasteiger partial charge in [0.1, 0.15) is 24.2 Å². The molecule has 0 bridgehead atoms. The molecule has 0 saturated heterocycles. The van der Waals surface area contributed by atoms with Crippen molar-refractivity contribution in [2.45, 2.75) is 64.8 Å². The second-order valence-electron chi connectivity index (χ2n) is 9.69. The lowest BCUT2D eigenvalue weighted by atomic mass is 9.93. The maximum absolute atomic E-state index is 13.8. The number of esters is 1. The summed E-state index contributed by atoms with van der Waals surface area (Å²) >= 11 is 4.25. The first-order valence-corrected chi connectivity index (χ1v) is 11.6. The third-order valence-electron chi connectivity index (χ3n) is 4.68. The van der Waals surface area contributed by atoms with Crippen molar-refractivity contribution in [3.05, 3.63) is 35.4 Å². The zero-order chi connectivity index (χ0) is 27.0. The van der Waals surface area contributed by atoms with Crippen LogP contribution in [0.2, 0.25) is 0 Å². The Hall–Kier alpha value is -3.19. The molecule has 9 nitrogen and oxygen atoms in total. The molecule has 2 N–H and O–H groups in total. The lowest BCUT2D eigenvalue weighted by molar-refractivity contribution is -0.149. The molecular weight excluding hydrogens is 470 g/mol. The van der Waals surface area contributed by atoms with Gasteiger partial charge in [0, 0.05) is 16.9 Å². The van der Waals surface area contributed by atoms with Gasteiger partial charge in [-0.25, -0.2) is 4.79 Å². The number of alkyl carbamates (subject to hydrolysis) is 1. The van der Waals surface area contributed by atoms with Gasteiger partial charge in [-0.3, -0.25) is 14.4 Å². The van der Waals surface area contributed by atoms with E-state index in [2.05, 4.69) is 33.9 Å². The van der Waals surface area contributed by atoms with Crippen LogP contribution >= 0.6 is 12.6 Å². The molecule has 2 unspecified atom stereocenters. The number of amides is 3. The fourth-order valence-electron chi connectivity index (χ4n) is 3.24. The summed E-state index contributed by atoms with van der Waals surface area (Å²) in [7, 11) is 1.20.